The third kappa shape index (κ3) is 4.75. The van der Waals surface area contributed by atoms with Crippen LogP contribution in [0, 0.1) is 0 Å². The van der Waals surface area contributed by atoms with Gasteiger partial charge in [-0.25, -0.2) is 10.9 Å². The maximum atomic E-state index is 13.0. The normalized spacial score (nSPS) is 22.6. The number of piperazine rings is 1. The number of methoxy groups -OCH3 is 1. The molecule has 1 amide bonds. The highest BCUT2D eigenvalue weighted by atomic mass is 16.5. The van der Waals surface area contributed by atoms with Gasteiger partial charge in [-0.3, -0.25) is 14.7 Å². The molecule has 0 bridgehead atoms. The summed E-state index contributed by atoms with van der Waals surface area (Å²) in [6.07, 6.45) is 5.42. The molecule has 3 heterocycles. The van der Waals surface area contributed by atoms with E-state index in [1.165, 1.54) is 5.56 Å². The summed E-state index contributed by atoms with van der Waals surface area (Å²) >= 11 is 0. The summed E-state index contributed by atoms with van der Waals surface area (Å²) in [6, 6.07) is 12.0. The van der Waals surface area contributed by atoms with E-state index in [1.54, 1.807) is 7.11 Å². The molecule has 2 saturated heterocycles. The van der Waals surface area contributed by atoms with Gasteiger partial charge in [0.25, 0.3) is 0 Å². The molecule has 0 radical (unpaired) electrons. The van der Waals surface area contributed by atoms with E-state index < -0.39 is 0 Å². The highest BCUT2D eigenvalue weighted by Crippen LogP contribution is 2.30. The Labute approximate surface area is 172 Å². The molecule has 2 aliphatic heterocycles. The zero-order valence-corrected chi connectivity index (χ0v) is 16.9. The van der Waals surface area contributed by atoms with E-state index in [0.29, 0.717) is 0 Å². The van der Waals surface area contributed by atoms with Gasteiger partial charge in [-0.15, -0.1) is 0 Å². The van der Waals surface area contributed by atoms with E-state index in [0.717, 1.165) is 56.9 Å². The number of ether oxygens (including phenoxy) is 1. The molecule has 2 N–H and O–H groups in total. The minimum absolute atomic E-state index is 0.0711. The summed E-state index contributed by atoms with van der Waals surface area (Å²) in [7, 11) is 1.68. The van der Waals surface area contributed by atoms with Crippen molar-refractivity contribution >= 4 is 5.91 Å². The molecule has 2 atom stereocenters. The van der Waals surface area contributed by atoms with Crippen LogP contribution in [0.3, 0.4) is 0 Å². The second-order valence-corrected chi connectivity index (χ2v) is 7.64. The number of hydrogen-bond donors (Lipinski definition) is 2. The van der Waals surface area contributed by atoms with E-state index in [9.17, 15) is 4.79 Å². The van der Waals surface area contributed by atoms with Crippen molar-refractivity contribution in [3.63, 3.8) is 0 Å². The van der Waals surface area contributed by atoms with E-state index in [2.05, 4.69) is 32.9 Å². The van der Waals surface area contributed by atoms with Crippen LogP contribution in [0.2, 0.25) is 0 Å². The fourth-order valence-corrected chi connectivity index (χ4v) is 4.13. The molecular formula is C22H29N5O2. The molecule has 0 saturated carbocycles. The molecule has 7 nitrogen and oxygen atoms in total. The third-order valence-electron chi connectivity index (χ3n) is 5.87. The Balaban J connectivity index is 1.26. The molecule has 2 aliphatic rings. The zero-order chi connectivity index (χ0) is 20.1. The zero-order valence-electron chi connectivity index (χ0n) is 16.9. The van der Waals surface area contributed by atoms with Crippen LogP contribution in [-0.4, -0.2) is 66.6 Å². The summed E-state index contributed by atoms with van der Waals surface area (Å²) in [5, 5.41) is 0. The van der Waals surface area contributed by atoms with Crippen molar-refractivity contribution in [3.05, 3.63) is 59.9 Å². The molecule has 0 aliphatic carbocycles. The number of nitrogens with zero attached hydrogens (tertiary/aromatic N) is 3. The number of hydrazine groups is 1. The number of para-hydroxylation sites is 1. The summed E-state index contributed by atoms with van der Waals surface area (Å²) < 4.78 is 5.46. The van der Waals surface area contributed by atoms with Gasteiger partial charge in [0.05, 0.1) is 13.2 Å². The van der Waals surface area contributed by atoms with Crippen LogP contribution in [0.25, 0.3) is 0 Å². The van der Waals surface area contributed by atoms with Crippen LogP contribution in [0.4, 0.5) is 0 Å². The van der Waals surface area contributed by atoms with Crippen LogP contribution >= 0.6 is 0 Å². The van der Waals surface area contributed by atoms with Gasteiger partial charge < -0.3 is 9.64 Å². The van der Waals surface area contributed by atoms with Crippen LogP contribution in [0.5, 0.6) is 5.75 Å². The van der Waals surface area contributed by atoms with Crippen molar-refractivity contribution in [1.82, 2.24) is 25.6 Å². The Hall–Kier alpha value is -2.48. The summed E-state index contributed by atoms with van der Waals surface area (Å²) in [5.74, 6) is 1.03. The van der Waals surface area contributed by atoms with Gasteiger partial charge in [-0.05, 0) is 36.6 Å². The molecule has 154 valence electrons. The van der Waals surface area contributed by atoms with E-state index in [-0.39, 0.29) is 18.0 Å². The largest absolute Gasteiger partial charge is 0.496 e. The summed E-state index contributed by atoms with van der Waals surface area (Å²) in [6.45, 7) is 4.43. The lowest BCUT2D eigenvalue weighted by molar-refractivity contribution is -0.134. The van der Waals surface area contributed by atoms with Crippen molar-refractivity contribution in [2.45, 2.75) is 24.9 Å². The standard InChI is InChI=1S/C22H29N5O2/c1-29-21-5-3-2-4-18(21)19-16-20(25-24-19)22(28)27-14-12-26(13-15-27)11-8-17-6-9-23-10-7-17/h2-7,9-10,19-20,24-25H,8,11-16H2,1H3. The third-order valence-corrected chi connectivity index (χ3v) is 5.87. The Kier molecular flexibility index (Phi) is 6.39. The number of rotatable bonds is 6. The van der Waals surface area contributed by atoms with Gasteiger partial charge in [0.2, 0.25) is 5.91 Å². The lowest BCUT2D eigenvalue weighted by atomic mass is 10.0. The van der Waals surface area contributed by atoms with Gasteiger partial charge in [0.15, 0.2) is 0 Å². The number of hydrogen-bond acceptors (Lipinski definition) is 6. The number of amides is 1. The number of carbonyl (C=O) groups excluding carboxylic acids is 1. The first-order valence-corrected chi connectivity index (χ1v) is 10.3. The lowest BCUT2D eigenvalue weighted by Crippen LogP contribution is -2.53. The molecule has 29 heavy (non-hydrogen) atoms. The van der Waals surface area contributed by atoms with Crippen molar-refractivity contribution in [2.24, 2.45) is 0 Å². The maximum absolute atomic E-state index is 13.0. The summed E-state index contributed by atoms with van der Waals surface area (Å²) in [4.78, 5) is 21.5. The molecule has 2 fully saturated rings. The monoisotopic (exact) mass is 395 g/mol. The minimum atomic E-state index is -0.201. The highest BCUT2D eigenvalue weighted by Gasteiger charge is 2.34. The van der Waals surface area contributed by atoms with Crippen LogP contribution < -0.4 is 15.6 Å². The SMILES string of the molecule is COc1ccccc1C1CC(C(=O)N2CCN(CCc3ccncc3)CC2)NN1. The van der Waals surface area contributed by atoms with Crippen LogP contribution in [0.1, 0.15) is 23.6 Å². The quantitative estimate of drug-likeness (QED) is 0.770. The fourth-order valence-electron chi connectivity index (χ4n) is 4.13. The molecule has 2 unspecified atom stereocenters. The number of pyridine rings is 1. The number of carbonyl (C=O) groups is 1. The predicted octanol–water partition coefficient (Wildman–Crippen LogP) is 1.38. The average Bonchev–Trinajstić information content (AvgIpc) is 3.28. The van der Waals surface area contributed by atoms with Crippen LogP contribution in [0.15, 0.2) is 48.8 Å². The summed E-state index contributed by atoms with van der Waals surface area (Å²) in [5.41, 5.74) is 8.86. The van der Waals surface area contributed by atoms with Gasteiger partial charge in [-0.1, -0.05) is 18.2 Å². The van der Waals surface area contributed by atoms with Gasteiger partial charge in [0, 0.05) is 50.7 Å². The smallest absolute Gasteiger partial charge is 0.241 e. The van der Waals surface area contributed by atoms with Crippen LogP contribution in [-0.2, 0) is 11.2 Å². The van der Waals surface area contributed by atoms with Crippen molar-refractivity contribution in [3.8, 4) is 5.75 Å². The van der Waals surface area contributed by atoms with Gasteiger partial charge in [-0.2, -0.15) is 0 Å². The first kappa shape index (κ1) is 19.8. The van der Waals surface area contributed by atoms with E-state index >= 15 is 0 Å². The van der Waals surface area contributed by atoms with E-state index in [4.69, 9.17) is 4.74 Å². The molecular weight excluding hydrogens is 366 g/mol. The highest BCUT2D eigenvalue weighted by molar-refractivity contribution is 5.82. The molecule has 2 aromatic rings. The topological polar surface area (TPSA) is 69.7 Å². The molecule has 7 heteroatoms. The Morgan fingerprint density at radius 3 is 2.62 bits per heavy atom. The second kappa shape index (κ2) is 9.35. The van der Waals surface area contributed by atoms with Crippen molar-refractivity contribution < 1.29 is 9.53 Å². The Morgan fingerprint density at radius 1 is 1.10 bits per heavy atom. The minimum Gasteiger partial charge on any atom is -0.496 e. The number of nitrogens with one attached hydrogen (secondary N) is 2. The fraction of sp³-hybridized carbons (Fsp3) is 0.455. The number of aromatic nitrogens is 1. The van der Waals surface area contributed by atoms with E-state index in [1.807, 2.05) is 41.6 Å². The molecule has 0 spiro atoms. The molecule has 4 rings (SSSR count). The lowest BCUT2D eigenvalue weighted by Gasteiger charge is -2.35. The van der Waals surface area contributed by atoms with Crippen molar-refractivity contribution in [1.29, 1.82) is 0 Å². The second-order valence-electron chi connectivity index (χ2n) is 7.64. The molecule has 1 aromatic heterocycles. The number of benzene rings is 1. The predicted molar refractivity (Wildman–Crippen MR) is 111 cm³/mol. The average molecular weight is 396 g/mol. The molecule has 1 aromatic carbocycles. The van der Waals surface area contributed by atoms with Crippen molar-refractivity contribution in [2.75, 3.05) is 39.8 Å². The van der Waals surface area contributed by atoms with Gasteiger partial charge >= 0.3 is 0 Å². The Morgan fingerprint density at radius 2 is 1.86 bits per heavy atom. The Bertz CT molecular complexity index is 808. The maximum Gasteiger partial charge on any atom is 0.241 e. The van der Waals surface area contributed by atoms with Gasteiger partial charge in [0.1, 0.15) is 11.8 Å². The first-order valence-electron chi connectivity index (χ1n) is 10.3. The first-order chi connectivity index (χ1) is 14.2.